The van der Waals surface area contributed by atoms with Crippen LogP contribution in [0.15, 0.2) is 16.6 Å². The largest absolute Gasteiger partial charge is 0.388 e. The van der Waals surface area contributed by atoms with Gasteiger partial charge in [-0.05, 0) is 19.1 Å². The molecule has 0 spiro atoms. The molecule has 1 aromatic heterocycles. The van der Waals surface area contributed by atoms with E-state index in [0.29, 0.717) is 16.4 Å². The molecule has 108 valence electrons. The second-order valence-electron chi connectivity index (χ2n) is 4.47. The van der Waals surface area contributed by atoms with Crippen molar-refractivity contribution in [1.82, 2.24) is 9.78 Å². The standard InChI is InChI=1S/C13H12BrClF2N2O/c1-6-13(15)10(19(2)18-6)5-11(20)12-8(16)3-7(14)4-9(12)17/h3-4,11,20H,5H2,1-2H3. The Morgan fingerprint density at radius 3 is 2.40 bits per heavy atom. The third-order valence-corrected chi connectivity index (χ3v) is 3.97. The molecule has 0 bridgehead atoms. The van der Waals surface area contributed by atoms with Crippen molar-refractivity contribution in [3.05, 3.63) is 50.2 Å². The summed E-state index contributed by atoms with van der Waals surface area (Å²) in [5, 5.41) is 14.6. The average molecular weight is 366 g/mol. The smallest absolute Gasteiger partial charge is 0.133 e. The molecule has 7 heteroatoms. The summed E-state index contributed by atoms with van der Waals surface area (Å²) in [6.07, 6.45) is -1.36. The number of benzene rings is 1. The molecule has 0 amide bonds. The predicted octanol–water partition coefficient (Wildman–Crippen LogP) is 3.70. The fraction of sp³-hybridized carbons (Fsp3) is 0.308. The van der Waals surface area contributed by atoms with Crippen LogP contribution >= 0.6 is 27.5 Å². The summed E-state index contributed by atoms with van der Waals surface area (Å²) < 4.78 is 29.3. The number of nitrogens with zero attached hydrogens (tertiary/aromatic N) is 2. The van der Waals surface area contributed by atoms with Gasteiger partial charge in [-0.1, -0.05) is 27.5 Å². The molecule has 0 saturated heterocycles. The minimum absolute atomic E-state index is 0.0222. The minimum atomic E-state index is -1.34. The fourth-order valence-corrected chi connectivity index (χ4v) is 2.70. The van der Waals surface area contributed by atoms with Crippen LogP contribution in [0.3, 0.4) is 0 Å². The summed E-state index contributed by atoms with van der Waals surface area (Å²) in [5.74, 6) is -1.61. The Morgan fingerprint density at radius 1 is 1.40 bits per heavy atom. The number of hydrogen-bond donors (Lipinski definition) is 1. The van der Waals surface area contributed by atoms with Gasteiger partial charge in [0.05, 0.1) is 28.1 Å². The summed E-state index contributed by atoms with van der Waals surface area (Å²) >= 11 is 9.05. The highest BCUT2D eigenvalue weighted by molar-refractivity contribution is 9.10. The number of aliphatic hydroxyl groups is 1. The van der Waals surface area contributed by atoms with Crippen LogP contribution in [0.2, 0.25) is 5.02 Å². The normalized spacial score (nSPS) is 12.8. The van der Waals surface area contributed by atoms with E-state index in [1.807, 2.05) is 0 Å². The van der Waals surface area contributed by atoms with Gasteiger partial charge in [-0.25, -0.2) is 8.78 Å². The number of halogens is 4. The Morgan fingerprint density at radius 2 is 1.95 bits per heavy atom. The van der Waals surface area contributed by atoms with Crippen LogP contribution in [0.1, 0.15) is 23.1 Å². The van der Waals surface area contributed by atoms with Crippen molar-refractivity contribution in [2.75, 3.05) is 0 Å². The van der Waals surface area contributed by atoms with E-state index in [1.165, 1.54) is 4.68 Å². The van der Waals surface area contributed by atoms with Crippen LogP contribution in [0.4, 0.5) is 8.78 Å². The Hall–Kier alpha value is -0.980. The van der Waals surface area contributed by atoms with Crippen molar-refractivity contribution < 1.29 is 13.9 Å². The molecule has 1 aromatic carbocycles. The van der Waals surface area contributed by atoms with Gasteiger partial charge in [0.25, 0.3) is 0 Å². The zero-order chi connectivity index (χ0) is 15.0. The van der Waals surface area contributed by atoms with Crippen LogP contribution in [0.25, 0.3) is 0 Å². The summed E-state index contributed by atoms with van der Waals surface area (Å²) in [4.78, 5) is 0. The molecule has 1 heterocycles. The van der Waals surface area contributed by atoms with E-state index in [9.17, 15) is 13.9 Å². The summed E-state index contributed by atoms with van der Waals surface area (Å²) in [6.45, 7) is 1.72. The van der Waals surface area contributed by atoms with E-state index in [1.54, 1.807) is 14.0 Å². The molecule has 1 unspecified atom stereocenters. The van der Waals surface area contributed by atoms with Crippen molar-refractivity contribution in [3.63, 3.8) is 0 Å². The van der Waals surface area contributed by atoms with E-state index >= 15 is 0 Å². The topological polar surface area (TPSA) is 38.0 Å². The molecule has 0 fully saturated rings. The number of aromatic nitrogens is 2. The molecule has 0 aliphatic carbocycles. The monoisotopic (exact) mass is 364 g/mol. The third-order valence-electron chi connectivity index (χ3n) is 3.03. The van der Waals surface area contributed by atoms with Crippen LogP contribution < -0.4 is 0 Å². The predicted molar refractivity (Wildman–Crippen MR) is 75.7 cm³/mol. The first-order chi connectivity index (χ1) is 9.31. The second kappa shape index (κ2) is 5.79. The molecular weight excluding hydrogens is 354 g/mol. The van der Waals surface area contributed by atoms with Gasteiger partial charge in [-0.3, -0.25) is 4.68 Å². The highest BCUT2D eigenvalue weighted by Crippen LogP contribution is 2.29. The molecule has 3 nitrogen and oxygen atoms in total. The van der Waals surface area contributed by atoms with Crippen molar-refractivity contribution in [2.24, 2.45) is 7.05 Å². The first kappa shape index (κ1) is 15.4. The lowest BCUT2D eigenvalue weighted by molar-refractivity contribution is 0.166. The van der Waals surface area contributed by atoms with Gasteiger partial charge in [0.2, 0.25) is 0 Å². The first-order valence-electron chi connectivity index (χ1n) is 5.81. The van der Waals surface area contributed by atoms with Crippen LogP contribution in [-0.2, 0) is 13.5 Å². The molecule has 0 aliphatic rings. The zero-order valence-electron chi connectivity index (χ0n) is 10.8. The lowest BCUT2D eigenvalue weighted by Crippen LogP contribution is -2.10. The third kappa shape index (κ3) is 2.87. The van der Waals surface area contributed by atoms with Crippen molar-refractivity contribution in [2.45, 2.75) is 19.4 Å². The Balaban J connectivity index is 2.36. The quantitative estimate of drug-likeness (QED) is 0.901. The van der Waals surface area contributed by atoms with Gasteiger partial charge < -0.3 is 5.11 Å². The maximum atomic E-state index is 13.8. The maximum Gasteiger partial charge on any atom is 0.133 e. The van der Waals surface area contributed by atoms with Crippen LogP contribution in [-0.4, -0.2) is 14.9 Å². The fourth-order valence-electron chi connectivity index (χ4n) is 2.06. The van der Waals surface area contributed by atoms with Gasteiger partial charge in [0, 0.05) is 17.9 Å². The summed E-state index contributed by atoms with van der Waals surface area (Å²) in [7, 11) is 1.66. The van der Waals surface area contributed by atoms with E-state index in [-0.39, 0.29) is 16.5 Å². The van der Waals surface area contributed by atoms with Gasteiger partial charge in [-0.15, -0.1) is 0 Å². The first-order valence-corrected chi connectivity index (χ1v) is 6.98. The minimum Gasteiger partial charge on any atom is -0.388 e. The van der Waals surface area contributed by atoms with E-state index in [2.05, 4.69) is 21.0 Å². The molecule has 0 saturated carbocycles. The van der Waals surface area contributed by atoms with Gasteiger partial charge in [0.1, 0.15) is 11.6 Å². The summed E-state index contributed by atoms with van der Waals surface area (Å²) in [6, 6.07) is 2.22. The number of aliphatic hydroxyl groups excluding tert-OH is 1. The maximum absolute atomic E-state index is 13.8. The van der Waals surface area contributed by atoms with E-state index < -0.39 is 17.7 Å². The van der Waals surface area contributed by atoms with Gasteiger partial charge >= 0.3 is 0 Å². The van der Waals surface area contributed by atoms with Gasteiger partial charge in [0.15, 0.2) is 0 Å². The highest BCUT2D eigenvalue weighted by Gasteiger charge is 2.22. The molecule has 1 N–H and O–H groups in total. The molecule has 2 aromatic rings. The molecule has 0 radical (unpaired) electrons. The molecular formula is C13H12BrClF2N2O. The van der Waals surface area contributed by atoms with Crippen molar-refractivity contribution in [3.8, 4) is 0 Å². The Kier molecular flexibility index (Phi) is 4.46. The molecule has 20 heavy (non-hydrogen) atoms. The lowest BCUT2D eigenvalue weighted by atomic mass is 10.0. The van der Waals surface area contributed by atoms with Crippen molar-refractivity contribution >= 4 is 27.5 Å². The van der Waals surface area contributed by atoms with E-state index in [4.69, 9.17) is 11.6 Å². The van der Waals surface area contributed by atoms with Crippen LogP contribution in [0.5, 0.6) is 0 Å². The van der Waals surface area contributed by atoms with Crippen molar-refractivity contribution in [1.29, 1.82) is 0 Å². The van der Waals surface area contributed by atoms with E-state index in [0.717, 1.165) is 12.1 Å². The lowest BCUT2D eigenvalue weighted by Gasteiger charge is -2.14. The Bertz CT molecular complexity index is 637. The number of aryl methyl sites for hydroxylation is 2. The molecule has 1 atom stereocenters. The zero-order valence-corrected chi connectivity index (χ0v) is 13.1. The molecule has 0 aliphatic heterocycles. The van der Waals surface area contributed by atoms with Gasteiger partial charge in [-0.2, -0.15) is 5.10 Å². The molecule has 2 rings (SSSR count). The SMILES string of the molecule is Cc1nn(C)c(CC(O)c2c(F)cc(Br)cc2F)c1Cl. The average Bonchev–Trinajstić information content (AvgIpc) is 2.54. The summed E-state index contributed by atoms with van der Waals surface area (Å²) in [5.41, 5.74) is 0.759. The number of rotatable bonds is 3. The van der Waals surface area contributed by atoms with Crippen LogP contribution in [0, 0.1) is 18.6 Å². The number of hydrogen-bond acceptors (Lipinski definition) is 2. The Labute approximate surface area is 128 Å². The highest BCUT2D eigenvalue weighted by atomic mass is 79.9. The second-order valence-corrected chi connectivity index (χ2v) is 5.77.